The molecule has 3 rings (SSSR count). The lowest BCUT2D eigenvalue weighted by Gasteiger charge is -2.32. The number of nitrogens with zero attached hydrogens (tertiary/aromatic N) is 3. The molecule has 8 heteroatoms. The molecule has 1 saturated heterocycles. The highest BCUT2D eigenvalue weighted by molar-refractivity contribution is 7.90. The SMILES string of the molecule is COc1cc(S(C)(=O)=O)ccc1C1CCCCCN1c1cc(C)nc(N)n1. The van der Waals surface area contributed by atoms with Gasteiger partial charge in [-0.1, -0.05) is 18.9 Å². The van der Waals surface area contributed by atoms with Gasteiger partial charge in [-0.3, -0.25) is 0 Å². The van der Waals surface area contributed by atoms with Gasteiger partial charge in [0.2, 0.25) is 5.95 Å². The van der Waals surface area contributed by atoms with E-state index in [1.54, 1.807) is 19.2 Å². The van der Waals surface area contributed by atoms with E-state index >= 15 is 0 Å². The minimum absolute atomic E-state index is 0.0322. The fourth-order valence-corrected chi connectivity index (χ4v) is 4.26. The summed E-state index contributed by atoms with van der Waals surface area (Å²) >= 11 is 0. The van der Waals surface area contributed by atoms with Gasteiger partial charge in [-0.25, -0.2) is 13.4 Å². The molecule has 146 valence electrons. The third kappa shape index (κ3) is 4.32. The van der Waals surface area contributed by atoms with Gasteiger partial charge in [0.05, 0.1) is 18.0 Å². The second-order valence-corrected chi connectivity index (χ2v) is 8.98. The number of rotatable bonds is 4. The Morgan fingerprint density at radius 1 is 1.19 bits per heavy atom. The Hall–Kier alpha value is -2.35. The van der Waals surface area contributed by atoms with E-state index in [1.165, 1.54) is 6.26 Å². The summed E-state index contributed by atoms with van der Waals surface area (Å²) in [6.07, 6.45) is 5.40. The predicted molar refractivity (Wildman–Crippen MR) is 106 cm³/mol. The summed E-state index contributed by atoms with van der Waals surface area (Å²) < 4.78 is 29.4. The Bertz CT molecular complexity index is 910. The molecule has 0 saturated carbocycles. The Morgan fingerprint density at radius 3 is 2.63 bits per heavy atom. The number of sulfone groups is 1. The van der Waals surface area contributed by atoms with Gasteiger partial charge in [0.1, 0.15) is 11.6 Å². The zero-order valence-corrected chi connectivity index (χ0v) is 16.8. The van der Waals surface area contributed by atoms with Crippen LogP contribution in [0.1, 0.15) is 43.0 Å². The first-order chi connectivity index (χ1) is 12.8. The van der Waals surface area contributed by atoms with E-state index in [2.05, 4.69) is 14.9 Å². The third-order valence-corrected chi connectivity index (χ3v) is 6.01. The maximum Gasteiger partial charge on any atom is 0.222 e. The van der Waals surface area contributed by atoms with Crippen molar-refractivity contribution in [3.63, 3.8) is 0 Å². The Kier molecular flexibility index (Phi) is 5.55. The van der Waals surface area contributed by atoms with E-state index in [4.69, 9.17) is 10.5 Å². The van der Waals surface area contributed by atoms with Crippen molar-refractivity contribution in [2.75, 3.05) is 30.5 Å². The zero-order chi connectivity index (χ0) is 19.6. The largest absolute Gasteiger partial charge is 0.496 e. The second kappa shape index (κ2) is 7.72. The topological polar surface area (TPSA) is 98.4 Å². The molecule has 2 N–H and O–H groups in total. The normalized spacial score (nSPS) is 18.2. The van der Waals surface area contributed by atoms with Crippen molar-refractivity contribution in [2.24, 2.45) is 0 Å². The molecule has 0 bridgehead atoms. The number of methoxy groups -OCH3 is 1. The summed E-state index contributed by atoms with van der Waals surface area (Å²) in [7, 11) is -1.73. The number of anilines is 2. The van der Waals surface area contributed by atoms with Crippen LogP contribution in [0, 0.1) is 6.92 Å². The molecule has 0 aliphatic carbocycles. The fourth-order valence-electron chi connectivity index (χ4n) is 3.62. The van der Waals surface area contributed by atoms with Gasteiger partial charge in [-0.05, 0) is 31.9 Å². The lowest BCUT2D eigenvalue weighted by atomic mass is 9.99. The van der Waals surface area contributed by atoms with Crippen LogP contribution in [-0.2, 0) is 9.84 Å². The molecule has 2 heterocycles. The third-order valence-electron chi connectivity index (χ3n) is 4.90. The highest BCUT2D eigenvalue weighted by Crippen LogP contribution is 2.38. The molecule has 7 nitrogen and oxygen atoms in total. The summed E-state index contributed by atoms with van der Waals surface area (Å²) in [5.41, 5.74) is 7.65. The molecule has 1 atom stereocenters. The quantitative estimate of drug-likeness (QED) is 0.857. The summed E-state index contributed by atoms with van der Waals surface area (Å²) in [4.78, 5) is 11.1. The molecule has 2 aromatic rings. The molecular formula is C19H26N4O3S. The van der Waals surface area contributed by atoms with Gasteiger partial charge in [0.25, 0.3) is 0 Å². The molecule has 0 amide bonds. The number of benzene rings is 1. The van der Waals surface area contributed by atoms with Gasteiger partial charge in [0, 0.05) is 30.1 Å². The van der Waals surface area contributed by atoms with Gasteiger partial charge >= 0.3 is 0 Å². The van der Waals surface area contributed by atoms with Crippen LogP contribution >= 0.6 is 0 Å². The summed E-state index contributed by atoms with van der Waals surface area (Å²) in [5, 5.41) is 0. The zero-order valence-electron chi connectivity index (χ0n) is 16.0. The standard InChI is InChI=1S/C19H26N4O3S/c1-13-11-18(22-19(20)21-13)23-10-6-4-5-7-16(23)15-9-8-14(27(3,24)25)12-17(15)26-2/h8-9,11-12,16H,4-7,10H2,1-3H3,(H2,20,21,22). The van der Waals surface area contributed by atoms with E-state index in [9.17, 15) is 8.42 Å². The van der Waals surface area contributed by atoms with E-state index in [-0.39, 0.29) is 16.9 Å². The molecule has 0 spiro atoms. The van der Waals surface area contributed by atoms with Crippen LogP contribution in [0.2, 0.25) is 0 Å². The number of ether oxygens (including phenoxy) is 1. The van der Waals surface area contributed by atoms with Gasteiger partial charge < -0.3 is 15.4 Å². The number of nitrogens with two attached hydrogens (primary N) is 1. The Balaban J connectivity index is 2.08. The van der Waals surface area contributed by atoms with Crippen LogP contribution in [0.25, 0.3) is 0 Å². The number of aryl methyl sites for hydroxylation is 1. The summed E-state index contributed by atoms with van der Waals surface area (Å²) in [5.74, 6) is 1.63. The Morgan fingerprint density at radius 2 is 1.96 bits per heavy atom. The number of aromatic nitrogens is 2. The molecule has 27 heavy (non-hydrogen) atoms. The van der Waals surface area contributed by atoms with Crippen molar-refractivity contribution >= 4 is 21.6 Å². The van der Waals surface area contributed by atoms with E-state index in [0.29, 0.717) is 5.75 Å². The van der Waals surface area contributed by atoms with E-state index in [0.717, 1.165) is 49.3 Å². The van der Waals surface area contributed by atoms with Crippen LogP contribution < -0.4 is 15.4 Å². The molecule has 1 aromatic carbocycles. The summed E-state index contributed by atoms with van der Waals surface area (Å²) in [6.45, 7) is 2.74. The maximum atomic E-state index is 11.9. The molecule has 1 aliphatic rings. The minimum atomic E-state index is -3.30. The van der Waals surface area contributed by atoms with Crippen molar-refractivity contribution in [3.8, 4) is 5.75 Å². The average molecular weight is 391 g/mol. The fraction of sp³-hybridized carbons (Fsp3) is 0.474. The smallest absolute Gasteiger partial charge is 0.222 e. The van der Waals surface area contributed by atoms with Crippen LogP contribution in [0.15, 0.2) is 29.2 Å². The molecule has 1 unspecified atom stereocenters. The highest BCUT2D eigenvalue weighted by Gasteiger charge is 2.27. The first-order valence-electron chi connectivity index (χ1n) is 9.05. The van der Waals surface area contributed by atoms with Crippen LogP contribution in [-0.4, -0.2) is 38.3 Å². The van der Waals surface area contributed by atoms with Crippen molar-refractivity contribution < 1.29 is 13.2 Å². The maximum absolute atomic E-state index is 11.9. The number of nitrogen functional groups attached to an aromatic ring is 1. The molecule has 1 aromatic heterocycles. The van der Waals surface area contributed by atoms with Crippen molar-refractivity contribution in [2.45, 2.75) is 43.5 Å². The molecule has 1 aliphatic heterocycles. The van der Waals surface area contributed by atoms with Crippen LogP contribution in [0.5, 0.6) is 5.75 Å². The first kappa shape index (κ1) is 19.4. The lowest BCUT2D eigenvalue weighted by molar-refractivity contribution is 0.401. The van der Waals surface area contributed by atoms with Crippen molar-refractivity contribution in [1.29, 1.82) is 0 Å². The second-order valence-electron chi connectivity index (χ2n) is 6.96. The lowest BCUT2D eigenvalue weighted by Crippen LogP contribution is -2.30. The summed E-state index contributed by atoms with van der Waals surface area (Å²) in [6, 6.07) is 7.08. The molecule has 0 radical (unpaired) electrons. The van der Waals surface area contributed by atoms with Gasteiger partial charge in [-0.15, -0.1) is 0 Å². The average Bonchev–Trinajstić information content (AvgIpc) is 2.85. The van der Waals surface area contributed by atoms with Crippen molar-refractivity contribution in [3.05, 3.63) is 35.5 Å². The van der Waals surface area contributed by atoms with Gasteiger partial charge in [-0.2, -0.15) is 4.98 Å². The van der Waals surface area contributed by atoms with Crippen LogP contribution in [0.4, 0.5) is 11.8 Å². The predicted octanol–water partition coefficient (Wildman–Crippen LogP) is 2.90. The highest BCUT2D eigenvalue weighted by atomic mass is 32.2. The first-order valence-corrected chi connectivity index (χ1v) is 10.9. The minimum Gasteiger partial charge on any atom is -0.496 e. The molecule has 1 fully saturated rings. The monoisotopic (exact) mass is 390 g/mol. The molecular weight excluding hydrogens is 364 g/mol. The van der Waals surface area contributed by atoms with E-state index in [1.807, 2.05) is 19.1 Å². The Labute approximate surface area is 160 Å². The number of hydrogen-bond acceptors (Lipinski definition) is 7. The van der Waals surface area contributed by atoms with Crippen molar-refractivity contribution in [1.82, 2.24) is 9.97 Å². The number of hydrogen-bond donors (Lipinski definition) is 1. The van der Waals surface area contributed by atoms with Crippen LogP contribution in [0.3, 0.4) is 0 Å². The van der Waals surface area contributed by atoms with Gasteiger partial charge in [0.15, 0.2) is 9.84 Å². The van der Waals surface area contributed by atoms with E-state index < -0.39 is 9.84 Å².